The Labute approximate surface area is 137 Å². The Balaban J connectivity index is 1.86. The van der Waals surface area contributed by atoms with E-state index >= 15 is 0 Å². The van der Waals surface area contributed by atoms with Gasteiger partial charge in [0.05, 0.1) is 36.3 Å². The Kier molecular flexibility index (Phi) is 4.87. The van der Waals surface area contributed by atoms with E-state index < -0.39 is 0 Å². The molecule has 0 radical (unpaired) electrons. The van der Waals surface area contributed by atoms with Gasteiger partial charge in [-0.15, -0.1) is 0 Å². The average molecular weight is 368 g/mol. The molecular formula is C15H18BrN3OS. The minimum Gasteiger partial charge on any atom is -0.493 e. The Morgan fingerprint density at radius 3 is 3.14 bits per heavy atom. The molecule has 0 amide bonds. The van der Waals surface area contributed by atoms with E-state index in [1.165, 1.54) is 22.9 Å². The van der Waals surface area contributed by atoms with Crippen molar-refractivity contribution in [2.24, 2.45) is 0 Å². The highest BCUT2D eigenvalue weighted by molar-refractivity contribution is 9.10. The van der Waals surface area contributed by atoms with Crippen LogP contribution in [0.25, 0.3) is 0 Å². The molecule has 1 aromatic heterocycles. The van der Waals surface area contributed by atoms with Crippen LogP contribution in [0.15, 0.2) is 22.8 Å². The zero-order valence-corrected chi connectivity index (χ0v) is 14.3. The van der Waals surface area contributed by atoms with Gasteiger partial charge in [-0.05, 0) is 42.6 Å². The highest BCUT2D eigenvalue weighted by atomic mass is 79.9. The number of aromatic nitrogens is 2. The van der Waals surface area contributed by atoms with Crippen LogP contribution in [0.4, 0.5) is 0 Å². The summed E-state index contributed by atoms with van der Waals surface area (Å²) in [4.78, 5) is 0. The SMILES string of the molecule is CCCNC(Cc1cc(Br)cc2c1OCC2)c1cnsn1. The van der Waals surface area contributed by atoms with Gasteiger partial charge in [-0.3, -0.25) is 0 Å². The van der Waals surface area contributed by atoms with Crippen LogP contribution in [-0.4, -0.2) is 21.9 Å². The Morgan fingerprint density at radius 2 is 2.38 bits per heavy atom. The van der Waals surface area contributed by atoms with E-state index in [2.05, 4.69) is 49.1 Å². The molecule has 1 aromatic carbocycles. The second-order valence-corrected chi connectivity index (χ2v) is 6.67. The van der Waals surface area contributed by atoms with Gasteiger partial charge in [0.25, 0.3) is 0 Å². The van der Waals surface area contributed by atoms with Crippen molar-refractivity contribution in [1.82, 2.24) is 14.1 Å². The lowest BCUT2D eigenvalue weighted by atomic mass is 10.00. The molecular weight excluding hydrogens is 350 g/mol. The second-order valence-electron chi connectivity index (χ2n) is 5.19. The van der Waals surface area contributed by atoms with Crippen LogP contribution in [0.5, 0.6) is 5.75 Å². The number of fused-ring (bicyclic) bond motifs is 1. The summed E-state index contributed by atoms with van der Waals surface area (Å²) in [6, 6.07) is 4.50. The van der Waals surface area contributed by atoms with Crippen molar-refractivity contribution in [3.05, 3.63) is 39.6 Å². The van der Waals surface area contributed by atoms with Crippen molar-refractivity contribution in [3.63, 3.8) is 0 Å². The van der Waals surface area contributed by atoms with Gasteiger partial charge in [0.15, 0.2) is 0 Å². The molecule has 112 valence electrons. The summed E-state index contributed by atoms with van der Waals surface area (Å²) in [6.07, 6.45) is 4.82. The normalized spacial score (nSPS) is 14.8. The zero-order chi connectivity index (χ0) is 14.7. The second kappa shape index (κ2) is 6.85. The first-order chi connectivity index (χ1) is 10.3. The summed E-state index contributed by atoms with van der Waals surface area (Å²) < 4.78 is 15.5. The van der Waals surface area contributed by atoms with Gasteiger partial charge >= 0.3 is 0 Å². The molecule has 21 heavy (non-hydrogen) atoms. The van der Waals surface area contributed by atoms with Crippen molar-refractivity contribution >= 4 is 27.7 Å². The number of nitrogens with one attached hydrogen (secondary N) is 1. The monoisotopic (exact) mass is 367 g/mol. The summed E-state index contributed by atoms with van der Waals surface area (Å²) in [5, 5.41) is 3.56. The highest BCUT2D eigenvalue weighted by Crippen LogP contribution is 2.35. The number of halogens is 1. The van der Waals surface area contributed by atoms with E-state index in [-0.39, 0.29) is 6.04 Å². The molecule has 1 atom stereocenters. The van der Waals surface area contributed by atoms with Crippen LogP contribution in [-0.2, 0) is 12.8 Å². The third-order valence-electron chi connectivity index (χ3n) is 3.63. The van der Waals surface area contributed by atoms with Gasteiger partial charge in [-0.2, -0.15) is 8.75 Å². The lowest BCUT2D eigenvalue weighted by Gasteiger charge is -2.18. The Morgan fingerprint density at radius 1 is 1.48 bits per heavy atom. The highest BCUT2D eigenvalue weighted by Gasteiger charge is 2.22. The molecule has 2 heterocycles. The van der Waals surface area contributed by atoms with Crippen LogP contribution < -0.4 is 10.1 Å². The van der Waals surface area contributed by atoms with E-state index in [1.807, 2.05) is 6.20 Å². The van der Waals surface area contributed by atoms with Crippen molar-refractivity contribution in [2.45, 2.75) is 32.2 Å². The average Bonchev–Trinajstić information content (AvgIpc) is 3.13. The molecule has 0 saturated heterocycles. The minimum absolute atomic E-state index is 0.186. The molecule has 1 unspecified atom stereocenters. The first-order valence-corrected chi connectivity index (χ1v) is 8.75. The molecule has 3 rings (SSSR count). The van der Waals surface area contributed by atoms with Crippen molar-refractivity contribution in [2.75, 3.05) is 13.2 Å². The molecule has 0 spiro atoms. The molecule has 0 saturated carbocycles. The fourth-order valence-corrected chi connectivity index (χ4v) is 3.67. The first-order valence-electron chi connectivity index (χ1n) is 7.23. The summed E-state index contributed by atoms with van der Waals surface area (Å²) in [5.41, 5.74) is 3.55. The number of hydrogen-bond acceptors (Lipinski definition) is 5. The molecule has 0 aliphatic carbocycles. The summed E-state index contributed by atoms with van der Waals surface area (Å²) >= 11 is 4.87. The van der Waals surface area contributed by atoms with Crippen molar-refractivity contribution < 1.29 is 4.74 Å². The van der Waals surface area contributed by atoms with Gasteiger partial charge in [0.2, 0.25) is 0 Å². The van der Waals surface area contributed by atoms with Gasteiger partial charge in [0.1, 0.15) is 5.75 Å². The number of rotatable bonds is 6. The lowest BCUT2D eigenvalue weighted by molar-refractivity contribution is 0.351. The smallest absolute Gasteiger partial charge is 0.125 e. The Bertz CT molecular complexity index is 603. The third-order valence-corrected chi connectivity index (χ3v) is 4.58. The first kappa shape index (κ1) is 14.9. The van der Waals surface area contributed by atoms with Crippen LogP contribution in [0.2, 0.25) is 0 Å². The lowest BCUT2D eigenvalue weighted by Crippen LogP contribution is -2.24. The number of nitrogens with zero attached hydrogens (tertiary/aromatic N) is 2. The topological polar surface area (TPSA) is 47.0 Å². The minimum atomic E-state index is 0.186. The molecule has 6 heteroatoms. The molecule has 0 fully saturated rings. The maximum atomic E-state index is 5.83. The quantitative estimate of drug-likeness (QED) is 0.848. The van der Waals surface area contributed by atoms with Gasteiger partial charge in [-0.25, -0.2) is 0 Å². The molecule has 2 aromatic rings. The van der Waals surface area contributed by atoms with Crippen LogP contribution in [0.1, 0.15) is 36.2 Å². The summed E-state index contributed by atoms with van der Waals surface area (Å²) in [5.74, 6) is 1.06. The fraction of sp³-hybridized carbons (Fsp3) is 0.467. The van der Waals surface area contributed by atoms with E-state index in [9.17, 15) is 0 Å². The predicted octanol–water partition coefficient (Wildman–Crippen LogP) is 3.52. The van der Waals surface area contributed by atoms with Crippen LogP contribution >= 0.6 is 27.7 Å². The third kappa shape index (κ3) is 3.44. The standard InChI is InChI=1S/C15H18BrN3OS/c1-2-4-17-13(14-9-18-21-19-14)8-11-7-12(16)6-10-3-5-20-15(10)11/h6-7,9,13,17H,2-5,8H2,1H3. The maximum absolute atomic E-state index is 5.83. The number of benzene rings is 1. The van der Waals surface area contributed by atoms with E-state index in [0.717, 1.165) is 48.3 Å². The van der Waals surface area contributed by atoms with Gasteiger partial charge < -0.3 is 10.1 Å². The molecule has 1 aliphatic rings. The van der Waals surface area contributed by atoms with E-state index in [4.69, 9.17) is 4.74 Å². The largest absolute Gasteiger partial charge is 0.493 e. The fourth-order valence-electron chi connectivity index (χ4n) is 2.64. The Hall–Kier alpha value is -0.980. The summed E-state index contributed by atoms with van der Waals surface area (Å²) in [6.45, 7) is 3.92. The van der Waals surface area contributed by atoms with Gasteiger partial charge in [0, 0.05) is 10.9 Å². The molecule has 4 nitrogen and oxygen atoms in total. The van der Waals surface area contributed by atoms with Crippen molar-refractivity contribution in [3.8, 4) is 5.75 Å². The number of hydrogen-bond donors (Lipinski definition) is 1. The molecule has 0 bridgehead atoms. The predicted molar refractivity (Wildman–Crippen MR) is 88.0 cm³/mol. The van der Waals surface area contributed by atoms with Crippen LogP contribution in [0.3, 0.4) is 0 Å². The van der Waals surface area contributed by atoms with E-state index in [0.29, 0.717) is 0 Å². The molecule has 1 aliphatic heterocycles. The summed E-state index contributed by atoms with van der Waals surface area (Å²) in [7, 11) is 0. The molecule has 1 N–H and O–H groups in total. The van der Waals surface area contributed by atoms with Crippen molar-refractivity contribution in [1.29, 1.82) is 0 Å². The van der Waals surface area contributed by atoms with Gasteiger partial charge in [-0.1, -0.05) is 22.9 Å². The number of ether oxygens (including phenoxy) is 1. The maximum Gasteiger partial charge on any atom is 0.125 e. The van der Waals surface area contributed by atoms with E-state index in [1.54, 1.807) is 0 Å². The zero-order valence-electron chi connectivity index (χ0n) is 11.9. The van der Waals surface area contributed by atoms with Crippen LogP contribution in [0, 0.1) is 0 Å².